The van der Waals surface area contributed by atoms with Crippen molar-refractivity contribution in [1.29, 1.82) is 0 Å². The maximum atomic E-state index is 12.5. The third kappa shape index (κ3) is 5.62. The maximum Gasteiger partial charge on any atom is 0.312 e. The molecule has 0 bridgehead atoms. The van der Waals surface area contributed by atoms with Crippen LogP contribution in [0.15, 0.2) is 65.6 Å². The number of hydrogen-bond donors (Lipinski definition) is 1. The lowest BCUT2D eigenvalue weighted by Crippen LogP contribution is -2.33. The first-order chi connectivity index (χ1) is 12.2. The van der Waals surface area contributed by atoms with E-state index in [-0.39, 0.29) is 11.2 Å². The molecule has 134 valence electrons. The topological polar surface area (TPSA) is 46.5 Å². The number of aliphatic hydroxyl groups is 1. The zero-order valence-corrected chi connectivity index (χ0v) is 15.6. The monoisotopic (exact) mass is 358 g/mol. The zero-order chi connectivity index (χ0) is 18.1. The standard InChI is InChI=1S/C21H26O3S/c1-3-4-15-18(25-17-13-9-6-10-14-17)19(21(23)24-2)20(22)16-11-7-5-8-12-16/h5-14,18-20,22H,3-4,15H2,1-2H3/t18-,19+,20?/m0/s1. The molecule has 2 aromatic rings. The van der Waals surface area contributed by atoms with Crippen LogP contribution in [0.4, 0.5) is 0 Å². The highest BCUT2D eigenvalue weighted by molar-refractivity contribution is 8.00. The Morgan fingerprint density at radius 3 is 2.24 bits per heavy atom. The maximum absolute atomic E-state index is 12.5. The molecule has 1 N–H and O–H groups in total. The van der Waals surface area contributed by atoms with Crippen LogP contribution in [0.25, 0.3) is 0 Å². The number of carbonyl (C=O) groups is 1. The number of esters is 1. The van der Waals surface area contributed by atoms with Gasteiger partial charge in [0.05, 0.1) is 19.1 Å². The summed E-state index contributed by atoms with van der Waals surface area (Å²) in [6.45, 7) is 2.13. The number of aliphatic hydroxyl groups excluding tert-OH is 1. The minimum Gasteiger partial charge on any atom is -0.469 e. The highest BCUT2D eigenvalue weighted by atomic mass is 32.2. The van der Waals surface area contributed by atoms with Crippen molar-refractivity contribution in [2.45, 2.75) is 42.4 Å². The Morgan fingerprint density at radius 2 is 1.68 bits per heavy atom. The Bertz CT molecular complexity index is 630. The van der Waals surface area contributed by atoms with Gasteiger partial charge in [-0.1, -0.05) is 68.3 Å². The summed E-state index contributed by atoms with van der Waals surface area (Å²) in [4.78, 5) is 13.6. The van der Waals surface area contributed by atoms with Crippen LogP contribution >= 0.6 is 11.8 Å². The van der Waals surface area contributed by atoms with E-state index in [9.17, 15) is 9.90 Å². The average molecular weight is 359 g/mol. The number of hydrogen-bond acceptors (Lipinski definition) is 4. The first-order valence-corrected chi connectivity index (χ1v) is 9.57. The van der Waals surface area contributed by atoms with Crippen molar-refractivity contribution >= 4 is 17.7 Å². The van der Waals surface area contributed by atoms with Gasteiger partial charge in [0.15, 0.2) is 0 Å². The second-order valence-electron chi connectivity index (χ2n) is 6.02. The Kier molecular flexibility index (Phi) is 8.02. The van der Waals surface area contributed by atoms with Crippen LogP contribution in [0, 0.1) is 5.92 Å². The van der Waals surface area contributed by atoms with E-state index in [1.165, 1.54) is 7.11 Å². The molecular formula is C21H26O3S. The summed E-state index contributed by atoms with van der Waals surface area (Å²) in [6, 6.07) is 19.4. The number of unbranched alkanes of at least 4 members (excludes halogenated alkanes) is 1. The molecule has 0 saturated heterocycles. The molecule has 0 amide bonds. The molecule has 2 rings (SSSR count). The summed E-state index contributed by atoms with van der Waals surface area (Å²) in [5, 5.41) is 10.9. The second kappa shape index (κ2) is 10.3. The van der Waals surface area contributed by atoms with Gasteiger partial charge in [-0.3, -0.25) is 4.79 Å². The molecule has 25 heavy (non-hydrogen) atoms. The summed E-state index contributed by atoms with van der Waals surface area (Å²) in [7, 11) is 1.39. The largest absolute Gasteiger partial charge is 0.469 e. The van der Waals surface area contributed by atoms with E-state index in [1.807, 2.05) is 60.7 Å². The number of rotatable bonds is 9. The van der Waals surface area contributed by atoms with Crippen molar-refractivity contribution in [1.82, 2.24) is 0 Å². The fraction of sp³-hybridized carbons (Fsp3) is 0.381. The highest BCUT2D eigenvalue weighted by Crippen LogP contribution is 2.38. The first kappa shape index (κ1) is 19.5. The Hall–Kier alpha value is -1.78. The number of benzene rings is 2. The lowest BCUT2D eigenvalue weighted by molar-refractivity contribution is -0.149. The van der Waals surface area contributed by atoms with Crippen molar-refractivity contribution in [3.05, 3.63) is 66.2 Å². The highest BCUT2D eigenvalue weighted by Gasteiger charge is 2.36. The minimum absolute atomic E-state index is 0.0509. The van der Waals surface area contributed by atoms with E-state index in [0.717, 1.165) is 29.7 Å². The SMILES string of the molecule is CCCC[C@H](Sc1ccccc1)[C@@H](C(=O)OC)C(O)c1ccccc1. The van der Waals surface area contributed by atoms with Gasteiger partial charge in [0, 0.05) is 10.1 Å². The lowest BCUT2D eigenvalue weighted by atomic mass is 9.90. The van der Waals surface area contributed by atoms with Gasteiger partial charge in [-0.15, -0.1) is 11.8 Å². The van der Waals surface area contributed by atoms with Crippen LogP contribution in [-0.4, -0.2) is 23.4 Å². The van der Waals surface area contributed by atoms with E-state index in [1.54, 1.807) is 11.8 Å². The molecule has 0 aliphatic rings. The summed E-state index contributed by atoms with van der Waals surface area (Å²) in [6.07, 6.45) is 2.01. The molecule has 0 heterocycles. The normalized spacial score (nSPS) is 14.5. The molecule has 0 aromatic heterocycles. The third-order valence-corrected chi connectivity index (χ3v) is 5.60. The Labute approximate surface area is 154 Å². The van der Waals surface area contributed by atoms with Gasteiger partial charge in [0.25, 0.3) is 0 Å². The third-order valence-electron chi connectivity index (χ3n) is 4.23. The van der Waals surface area contributed by atoms with Crippen molar-refractivity contribution in [2.24, 2.45) is 5.92 Å². The predicted molar refractivity (Wildman–Crippen MR) is 103 cm³/mol. The van der Waals surface area contributed by atoms with Gasteiger partial charge < -0.3 is 9.84 Å². The molecule has 2 aromatic carbocycles. The van der Waals surface area contributed by atoms with Crippen molar-refractivity contribution in [3.63, 3.8) is 0 Å². The summed E-state index contributed by atoms with van der Waals surface area (Å²) < 4.78 is 5.04. The van der Waals surface area contributed by atoms with E-state index >= 15 is 0 Å². The molecule has 0 saturated carbocycles. The van der Waals surface area contributed by atoms with E-state index in [0.29, 0.717) is 0 Å². The molecule has 0 fully saturated rings. The summed E-state index contributed by atoms with van der Waals surface area (Å²) in [5.74, 6) is -0.968. The minimum atomic E-state index is -0.883. The zero-order valence-electron chi connectivity index (χ0n) is 14.8. The number of thioether (sulfide) groups is 1. The Morgan fingerprint density at radius 1 is 1.08 bits per heavy atom. The molecule has 0 aliphatic heterocycles. The summed E-state index contributed by atoms with van der Waals surface area (Å²) >= 11 is 1.64. The first-order valence-electron chi connectivity index (χ1n) is 8.70. The van der Waals surface area contributed by atoms with E-state index in [2.05, 4.69) is 6.92 Å². The molecule has 3 atom stereocenters. The van der Waals surface area contributed by atoms with Crippen LogP contribution in [0.5, 0.6) is 0 Å². The van der Waals surface area contributed by atoms with Crippen molar-refractivity contribution < 1.29 is 14.6 Å². The van der Waals surface area contributed by atoms with E-state index in [4.69, 9.17) is 4.74 Å². The van der Waals surface area contributed by atoms with Gasteiger partial charge in [-0.2, -0.15) is 0 Å². The summed E-state index contributed by atoms with van der Waals surface area (Å²) in [5.41, 5.74) is 0.744. The number of carbonyl (C=O) groups excluding carboxylic acids is 1. The number of ether oxygens (including phenoxy) is 1. The van der Waals surface area contributed by atoms with Crippen LogP contribution < -0.4 is 0 Å². The van der Waals surface area contributed by atoms with Crippen LogP contribution in [0.1, 0.15) is 37.9 Å². The quantitative estimate of drug-likeness (QED) is 0.514. The molecule has 1 unspecified atom stereocenters. The van der Waals surface area contributed by atoms with Gasteiger partial charge in [-0.05, 0) is 24.1 Å². The van der Waals surface area contributed by atoms with Crippen molar-refractivity contribution in [2.75, 3.05) is 7.11 Å². The fourth-order valence-corrected chi connectivity index (χ4v) is 4.22. The molecule has 3 nitrogen and oxygen atoms in total. The second-order valence-corrected chi connectivity index (χ2v) is 7.33. The predicted octanol–water partition coefficient (Wildman–Crippen LogP) is 4.86. The van der Waals surface area contributed by atoms with Gasteiger partial charge in [-0.25, -0.2) is 0 Å². The molecule has 0 aliphatic carbocycles. The lowest BCUT2D eigenvalue weighted by Gasteiger charge is -2.29. The van der Waals surface area contributed by atoms with Gasteiger partial charge in [0.1, 0.15) is 0 Å². The fourth-order valence-electron chi connectivity index (χ4n) is 2.87. The van der Waals surface area contributed by atoms with E-state index < -0.39 is 12.0 Å². The van der Waals surface area contributed by atoms with Crippen LogP contribution in [0.2, 0.25) is 0 Å². The van der Waals surface area contributed by atoms with Crippen LogP contribution in [-0.2, 0) is 9.53 Å². The molecule has 4 heteroatoms. The van der Waals surface area contributed by atoms with Gasteiger partial charge in [0.2, 0.25) is 0 Å². The smallest absolute Gasteiger partial charge is 0.312 e. The number of methoxy groups -OCH3 is 1. The van der Waals surface area contributed by atoms with Crippen LogP contribution in [0.3, 0.4) is 0 Å². The molecular weight excluding hydrogens is 332 g/mol. The average Bonchev–Trinajstić information content (AvgIpc) is 2.67. The molecule has 0 spiro atoms. The van der Waals surface area contributed by atoms with Crippen molar-refractivity contribution in [3.8, 4) is 0 Å². The van der Waals surface area contributed by atoms with Gasteiger partial charge >= 0.3 is 5.97 Å². The Balaban J connectivity index is 2.30. The molecule has 0 radical (unpaired) electrons.